The number of nitrogens with zero attached hydrogens (tertiary/aromatic N) is 1. The van der Waals surface area contributed by atoms with E-state index in [9.17, 15) is 19.2 Å². The minimum atomic E-state index is -1.86. The first kappa shape index (κ1) is 29.8. The number of nitrogens with one attached hydrogen (secondary N) is 1. The second kappa shape index (κ2) is 13.2. The van der Waals surface area contributed by atoms with E-state index in [1.807, 2.05) is 0 Å². The number of likely N-dealkylation sites (tertiary alicyclic amines) is 1. The molecule has 1 aliphatic rings. The van der Waals surface area contributed by atoms with E-state index >= 15 is 0 Å². The number of ether oxygens (including phenoxy) is 2. The van der Waals surface area contributed by atoms with Crippen LogP contribution in [0.3, 0.4) is 0 Å². The number of halogens is 6. The van der Waals surface area contributed by atoms with Gasteiger partial charge in [0, 0.05) is 12.3 Å². The van der Waals surface area contributed by atoms with Crippen LogP contribution in [0.15, 0.2) is 36.4 Å². The Morgan fingerprint density at radius 3 is 2.43 bits per heavy atom. The predicted molar refractivity (Wildman–Crippen MR) is 134 cm³/mol. The van der Waals surface area contributed by atoms with Gasteiger partial charge < -0.3 is 19.7 Å². The highest BCUT2D eigenvalue weighted by Gasteiger charge is 2.53. The number of carbonyl (C=O) groups excluding carboxylic acids is 4. The van der Waals surface area contributed by atoms with Crippen molar-refractivity contribution in [2.75, 3.05) is 18.4 Å². The van der Waals surface area contributed by atoms with Crippen molar-refractivity contribution in [3.8, 4) is 5.75 Å². The lowest BCUT2D eigenvalue weighted by molar-refractivity contribution is -0.163. The second-order valence-corrected chi connectivity index (χ2v) is 10.8. The Morgan fingerprint density at radius 1 is 1.17 bits per heavy atom. The summed E-state index contributed by atoms with van der Waals surface area (Å²) in [6.07, 6.45) is 0.314. The molecule has 3 atom stereocenters. The Morgan fingerprint density at radius 2 is 1.86 bits per heavy atom. The molecular weight excluding hydrogens is 589 g/mol. The summed E-state index contributed by atoms with van der Waals surface area (Å²) >= 11 is 34.3. The molecule has 1 heterocycles. The van der Waals surface area contributed by atoms with Crippen LogP contribution >= 0.6 is 69.6 Å². The van der Waals surface area contributed by atoms with Gasteiger partial charge in [0.05, 0.1) is 0 Å². The summed E-state index contributed by atoms with van der Waals surface area (Å²) in [5, 5.41) is 2.54. The lowest BCUT2D eigenvalue weighted by atomic mass is 9.99. The smallest absolute Gasteiger partial charge is 0.333 e. The first-order valence-corrected chi connectivity index (χ1v) is 12.6. The number of β-lactam (4-membered cyclic amide) rings is 1. The molecule has 14 heteroatoms. The van der Waals surface area contributed by atoms with Crippen LogP contribution in [0.25, 0.3) is 0 Å². The summed E-state index contributed by atoms with van der Waals surface area (Å²) in [5.74, 6) is -2.78. The summed E-state index contributed by atoms with van der Waals surface area (Å²) < 4.78 is 8.13. The van der Waals surface area contributed by atoms with Gasteiger partial charge in [-0.3, -0.25) is 14.4 Å². The van der Waals surface area contributed by atoms with Gasteiger partial charge in [-0.15, -0.1) is 23.2 Å². The van der Waals surface area contributed by atoms with E-state index in [-0.39, 0.29) is 23.8 Å². The van der Waals surface area contributed by atoms with Gasteiger partial charge >= 0.3 is 11.9 Å². The molecule has 0 spiro atoms. The zero-order valence-corrected chi connectivity index (χ0v) is 22.5. The summed E-state index contributed by atoms with van der Waals surface area (Å²) in [5.41, 5.74) is -0.214. The van der Waals surface area contributed by atoms with Gasteiger partial charge in [0.2, 0.25) is 9.70 Å². The number of hydrogen-bond donors (Lipinski definition) is 1. The molecule has 0 aromatic heterocycles. The number of benzene rings is 1. The number of carbonyl (C=O) groups is 4. The van der Waals surface area contributed by atoms with Crippen LogP contribution in [0.4, 0.5) is 0 Å². The van der Waals surface area contributed by atoms with Crippen molar-refractivity contribution in [2.24, 2.45) is 0 Å². The maximum absolute atomic E-state index is 12.7. The second-order valence-electron chi connectivity index (χ2n) is 7.34. The number of amides is 2. The molecular formula is C21H20Cl6N2O6. The third kappa shape index (κ3) is 8.58. The lowest BCUT2D eigenvalue weighted by Crippen LogP contribution is -2.72. The molecule has 1 N–H and O–H groups in total. The van der Waals surface area contributed by atoms with E-state index in [1.165, 1.54) is 0 Å². The fraction of sp³-hybridized carbons (Fsp3) is 0.429. The van der Waals surface area contributed by atoms with Crippen molar-refractivity contribution in [2.45, 2.75) is 34.2 Å². The van der Waals surface area contributed by atoms with Crippen molar-refractivity contribution >= 4 is 93.4 Å². The van der Waals surface area contributed by atoms with Gasteiger partial charge in [-0.05, 0) is 29.7 Å². The number of aryl methyl sites for hydroxylation is 1. The average Bonchev–Trinajstić information content (AvgIpc) is 2.82. The Bertz CT molecular complexity index is 985. The van der Waals surface area contributed by atoms with E-state index in [2.05, 4.69) is 11.9 Å². The monoisotopic (exact) mass is 606 g/mol. The van der Waals surface area contributed by atoms with Crippen molar-refractivity contribution in [3.05, 3.63) is 42.0 Å². The van der Waals surface area contributed by atoms with Gasteiger partial charge in [0.25, 0.3) is 5.91 Å². The predicted octanol–water partition coefficient (Wildman–Crippen LogP) is 3.73. The van der Waals surface area contributed by atoms with Crippen LogP contribution in [0.5, 0.6) is 5.75 Å². The molecule has 2 rings (SSSR count). The average molecular weight is 609 g/mol. The molecule has 3 unspecified atom stereocenters. The van der Waals surface area contributed by atoms with Gasteiger partial charge in [-0.2, -0.15) is 0 Å². The van der Waals surface area contributed by atoms with Crippen LogP contribution in [-0.2, 0) is 30.3 Å². The topological polar surface area (TPSA) is 102 Å². The summed E-state index contributed by atoms with van der Waals surface area (Å²) in [6, 6.07) is 4.20. The molecule has 1 aromatic carbocycles. The highest BCUT2D eigenvalue weighted by atomic mass is 35.6. The molecule has 0 bridgehead atoms. The Kier molecular flexibility index (Phi) is 11.3. The molecule has 8 nitrogen and oxygen atoms in total. The molecule has 1 saturated heterocycles. The fourth-order valence-corrected chi connectivity index (χ4v) is 3.83. The van der Waals surface area contributed by atoms with E-state index < -0.39 is 51.7 Å². The standard InChI is InChI=1S/C21H20Cl6N2O6/c1-11(8-22)17(20(33)34-10-21(25,26)27)29-18(24)16(19(29)32)28-14(30)6-5-12-3-2-4-13(7-12)35-15(31)9-23/h2-4,7,16-18H,1,5-6,8-10H2,(H,28,30). The molecule has 192 valence electrons. The molecule has 0 saturated carbocycles. The Balaban J connectivity index is 1.96. The Labute approximate surface area is 231 Å². The van der Waals surface area contributed by atoms with Gasteiger partial charge in [0.15, 0.2) is 6.04 Å². The van der Waals surface area contributed by atoms with E-state index in [1.54, 1.807) is 24.3 Å². The Hall–Kier alpha value is -1.42. The summed E-state index contributed by atoms with van der Waals surface area (Å²) in [7, 11) is 0. The lowest BCUT2D eigenvalue weighted by Gasteiger charge is -2.47. The molecule has 0 aliphatic carbocycles. The van der Waals surface area contributed by atoms with Crippen molar-refractivity contribution in [1.82, 2.24) is 10.2 Å². The van der Waals surface area contributed by atoms with Gasteiger partial charge in [0.1, 0.15) is 29.8 Å². The normalized spacial score (nSPS) is 18.3. The highest BCUT2D eigenvalue weighted by molar-refractivity contribution is 6.67. The number of esters is 2. The van der Waals surface area contributed by atoms with Crippen molar-refractivity contribution < 1.29 is 28.7 Å². The van der Waals surface area contributed by atoms with E-state index in [4.69, 9.17) is 79.1 Å². The van der Waals surface area contributed by atoms with E-state index in [0.29, 0.717) is 12.2 Å². The van der Waals surface area contributed by atoms with Crippen LogP contribution < -0.4 is 10.1 Å². The van der Waals surface area contributed by atoms with Crippen LogP contribution in [0.1, 0.15) is 12.0 Å². The molecule has 35 heavy (non-hydrogen) atoms. The van der Waals surface area contributed by atoms with Gasteiger partial charge in [-0.1, -0.05) is 65.1 Å². The first-order chi connectivity index (χ1) is 16.4. The third-order valence-corrected chi connectivity index (χ3v) is 6.05. The maximum atomic E-state index is 12.7. The molecule has 1 aromatic rings. The molecule has 1 aliphatic heterocycles. The zero-order valence-electron chi connectivity index (χ0n) is 17.9. The fourth-order valence-electron chi connectivity index (χ4n) is 3.09. The molecule has 2 amide bonds. The zero-order chi connectivity index (χ0) is 26.3. The maximum Gasteiger partial charge on any atom is 0.333 e. The number of alkyl halides is 6. The highest BCUT2D eigenvalue weighted by Crippen LogP contribution is 2.31. The van der Waals surface area contributed by atoms with Crippen LogP contribution in [0.2, 0.25) is 0 Å². The minimum absolute atomic E-state index is 0.0173. The summed E-state index contributed by atoms with van der Waals surface area (Å²) in [6.45, 7) is 3.11. The summed E-state index contributed by atoms with van der Waals surface area (Å²) in [4.78, 5) is 50.0. The molecule has 1 fully saturated rings. The van der Waals surface area contributed by atoms with Crippen LogP contribution in [0, 0.1) is 0 Å². The first-order valence-electron chi connectivity index (χ1n) is 9.96. The minimum Gasteiger partial charge on any atom is -0.459 e. The molecule has 0 radical (unpaired) electrons. The third-order valence-electron chi connectivity index (χ3n) is 4.70. The van der Waals surface area contributed by atoms with Gasteiger partial charge in [-0.25, -0.2) is 4.79 Å². The SMILES string of the molecule is C=C(CCl)C(C(=O)OCC(Cl)(Cl)Cl)N1C(=O)C(NC(=O)CCc2cccc(OC(=O)CCl)c2)C1Cl. The quantitative estimate of drug-likeness (QED) is 0.103. The largest absolute Gasteiger partial charge is 0.459 e. The number of hydrogen-bond acceptors (Lipinski definition) is 6. The van der Waals surface area contributed by atoms with Crippen LogP contribution in [-0.4, -0.2) is 68.4 Å². The number of rotatable bonds is 11. The van der Waals surface area contributed by atoms with Crippen molar-refractivity contribution in [1.29, 1.82) is 0 Å². The van der Waals surface area contributed by atoms with Crippen molar-refractivity contribution in [3.63, 3.8) is 0 Å². The van der Waals surface area contributed by atoms with E-state index in [0.717, 1.165) is 10.5 Å².